The fraction of sp³-hybridized carbons (Fsp3) is 0.583. The van der Waals surface area contributed by atoms with Crippen LogP contribution < -0.4 is 11.1 Å². The Bertz CT molecular complexity index is 387. The topological polar surface area (TPSA) is 63.4 Å². The average Bonchev–Trinajstić information content (AvgIpc) is 2.36. The Balaban J connectivity index is 2.42. The molecule has 1 aromatic rings. The highest BCUT2D eigenvalue weighted by atomic mass is 79.9. The molecule has 1 aromatic heterocycles. The molecule has 0 aliphatic carbocycles. The predicted molar refractivity (Wildman–Crippen MR) is 78.9 cm³/mol. The number of ether oxygens (including phenoxy) is 1. The van der Waals surface area contributed by atoms with Crippen molar-refractivity contribution in [2.45, 2.75) is 6.92 Å². The van der Waals surface area contributed by atoms with Gasteiger partial charge in [0.1, 0.15) is 5.82 Å². The zero-order valence-electron chi connectivity index (χ0n) is 11.2. The highest BCUT2D eigenvalue weighted by Gasteiger charge is 2.07. The van der Waals surface area contributed by atoms with Gasteiger partial charge in [-0.1, -0.05) is 0 Å². The van der Waals surface area contributed by atoms with E-state index in [4.69, 9.17) is 10.5 Å². The third-order valence-corrected chi connectivity index (χ3v) is 3.74. The van der Waals surface area contributed by atoms with E-state index in [9.17, 15) is 0 Å². The highest BCUT2D eigenvalue weighted by Crippen LogP contribution is 2.27. The molecule has 0 unspecified atom stereocenters. The molecular weight excluding hydrogens is 296 g/mol. The SMILES string of the molecule is COCCN(C)CCNc1ncc(N)c(C)c1Br. The first kappa shape index (κ1) is 15.2. The van der Waals surface area contributed by atoms with Gasteiger partial charge in [-0.15, -0.1) is 0 Å². The van der Waals surface area contributed by atoms with Crippen LogP contribution in [0.2, 0.25) is 0 Å². The maximum absolute atomic E-state index is 5.78. The molecule has 0 aliphatic heterocycles. The first-order chi connectivity index (χ1) is 8.56. The summed E-state index contributed by atoms with van der Waals surface area (Å²) in [7, 11) is 3.78. The molecule has 0 saturated heterocycles. The van der Waals surface area contributed by atoms with Gasteiger partial charge in [-0.25, -0.2) is 4.98 Å². The lowest BCUT2D eigenvalue weighted by molar-refractivity contribution is 0.163. The minimum absolute atomic E-state index is 0.699. The summed E-state index contributed by atoms with van der Waals surface area (Å²) >= 11 is 3.50. The molecule has 0 atom stereocenters. The Morgan fingerprint density at radius 2 is 2.22 bits per heavy atom. The standard InChI is InChI=1S/C12H21BrN4O/c1-9-10(14)8-16-12(11(9)13)15-4-5-17(2)6-7-18-3/h8H,4-7,14H2,1-3H3,(H,15,16). The van der Waals surface area contributed by atoms with Crippen molar-refractivity contribution < 1.29 is 4.74 Å². The second-order valence-corrected chi connectivity index (χ2v) is 5.02. The van der Waals surface area contributed by atoms with Gasteiger partial charge in [0, 0.05) is 26.7 Å². The molecule has 0 radical (unpaired) electrons. The number of anilines is 2. The zero-order chi connectivity index (χ0) is 13.5. The Hall–Kier alpha value is -0.850. The number of nitrogen functional groups attached to an aromatic ring is 1. The molecule has 0 amide bonds. The Morgan fingerprint density at radius 1 is 1.50 bits per heavy atom. The van der Waals surface area contributed by atoms with Crippen LogP contribution in [-0.2, 0) is 4.74 Å². The zero-order valence-corrected chi connectivity index (χ0v) is 12.7. The number of pyridine rings is 1. The first-order valence-corrected chi connectivity index (χ1v) is 6.67. The molecule has 6 heteroatoms. The minimum atomic E-state index is 0.699. The monoisotopic (exact) mass is 316 g/mol. The van der Waals surface area contributed by atoms with Gasteiger partial charge in [0.25, 0.3) is 0 Å². The quantitative estimate of drug-likeness (QED) is 0.802. The molecule has 3 N–H and O–H groups in total. The van der Waals surface area contributed by atoms with Crippen molar-refractivity contribution in [1.82, 2.24) is 9.88 Å². The van der Waals surface area contributed by atoms with Crippen molar-refractivity contribution in [3.63, 3.8) is 0 Å². The number of nitrogens with two attached hydrogens (primary N) is 1. The number of rotatable bonds is 7. The van der Waals surface area contributed by atoms with Crippen LogP contribution in [0, 0.1) is 6.92 Å². The van der Waals surface area contributed by atoms with E-state index in [1.165, 1.54) is 0 Å². The van der Waals surface area contributed by atoms with Gasteiger partial charge in [-0.3, -0.25) is 0 Å². The average molecular weight is 317 g/mol. The van der Waals surface area contributed by atoms with E-state index in [-0.39, 0.29) is 0 Å². The number of methoxy groups -OCH3 is 1. The van der Waals surface area contributed by atoms with Crippen LogP contribution in [0.5, 0.6) is 0 Å². The van der Waals surface area contributed by atoms with Crippen LogP contribution in [0.3, 0.4) is 0 Å². The molecule has 0 aliphatic rings. The number of halogens is 1. The lowest BCUT2D eigenvalue weighted by Crippen LogP contribution is -2.28. The number of likely N-dealkylation sites (N-methyl/N-ethyl adjacent to an activating group) is 1. The van der Waals surface area contributed by atoms with Crippen LogP contribution in [0.25, 0.3) is 0 Å². The summed E-state index contributed by atoms with van der Waals surface area (Å²) in [5.41, 5.74) is 7.49. The fourth-order valence-electron chi connectivity index (χ4n) is 1.44. The third-order valence-electron chi connectivity index (χ3n) is 2.77. The molecule has 0 aromatic carbocycles. The van der Waals surface area contributed by atoms with Gasteiger partial charge in [0.05, 0.1) is 23.0 Å². The number of hydrogen-bond donors (Lipinski definition) is 2. The Labute approximate surface area is 117 Å². The maximum Gasteiger partial charge on any atom is 0.140 e. The number of aromatic nitrogens is 1. The van der Waals surface area contributed by atoms with E-state index in [2.05, 4.69) is 38.2 Å². The van der Waals surface area contributed by atoms with Gasteiger partial charge in [-0.05, 0) is 35.5 Å². The number of nitrogens with zero attached hydrogens (tertiary/aromatic N) is 2. The molecule has 0 fully saturated rings. The molecule has 0 bridgehead atoms. The van der Waals surface area contributed by atoms with Gasteiger partial charge in [-0.2, -0.15) is 0 Å². The fourth-order valence-corrected chi connectivity index (χ4v) is 1.91. The smallest absolute Gasteiger partial charge is 0.140 e. The van der Waals surface area contributed by atoms with Crippen LogP contribution in [0.4, 0.5) is 11.5 Å². The summed E-state index contributed by atoms with van der Waals surface area (Å²) in [6.45, 7) is 5.40. The summed E-state index contributed by atoms with van der Waals surface area (Å²) in [6.07, 6.45) is 1.68. The summed E-state index contributed by atoms with van der Waals surface area (Å²) in [4.78, 5) is 6.47. The lowest BCUT2D eigenvalue weighted by Gasteiger charge is -2.17. The third kappa shape index (κ3) is 4.44. The summed E-state index contributed by atoms with van der Waals surface area (Å²) in [6, 6.07) is 0. The second-order valence-electron chi connectivity index (χ2n) is 4.22. The number of nitrogens with one attached hydrogen (secondary N) is 1. The maximum atomic E-state index is 5.78. The highest BCUT2D eigenvalue weighted by molar-refractivity contribution is 9.10. The molecule has 1 heterocycles. The minimum Gasteiger partial charge on any atom is -0.397 e. The van der Waals surface area contributed by atoms with E-state index in [1.54, 1.807) is 13.3 Å². The van der Waals surface area contributed by atoms with Crippen LogP contribution >= 0.6 is 15.9 Å². The van der Waals surface area contributed by atoms with Crippen LogP contribution in [-0.4, -0.2) is 50.3 Å². The van der Waals surface area contributed by atoms with Crippen LogP contribution in [0.1, 0.15) is 5.56 Å². The van der Waals surface area contributed by atoms with Crippen molar-refractivity contribution in [1.29, 1.82) is 0 Å². The normalized spacial score (nSPS) is 10.9. The molecule has 1 rings (SSSR count). The van der Waals surface area contributed by atoms with E-state index in [1.807, 2.05) is 6.92 Å². The Morgan fingerprint density at radius 3 is 2.89 bits per heavy atom. The number of hydrogen-bond acceptors (Lipinski definition) is 5. The lowest BCUT2D eigenvalue weighted by atomic mass is 10.2. The van der Waals surface area contributed by atoms with E-state index in [0.29, 0.717) is 5.69 Å². The second kappa shape index (κ2) is 7.56. The van der Waals surface area contributed by atoms with Crippen molar-refractivity contribution >= 4 is 27.4 Å². The summed E-state index contributed by atoms with van der Waals surface area (Å²) < 4.78 is 5.96. The van der Waals surface area contributed by atoms with E-state index in [0.717, 1.165) is 42.1 Å². The molecule has 0 spiro atoms. The summed E-state index contributed by atoms with van der Waals surface area (Å²) in [5.74, 6) is 0.835. The summed E-state index contributed by atoms with van der Waals surface area (Å²) in [5, 5.41) is 3.29. The van der Waals surface area contributed by atoms with Crippen molar-refractivity contribution in [3.8, 4) is 0 Å². The van der Waals surface area contributed by atoms with Crippen molar-refractivity contribution in [2.75, 3.05) is 51.4 Å². The van der Waals surface area contributed by atoms with Gasteiger partial charge < -0.3 is 20.7 Å². The predicted octanol–water partition coefficient (Wildman–Crippen LogP) is 1.72. The van der Waals surface area contributed by atoms with E-state index >= 15 is 0 Å². The van der Waals surface area contributed by atoms with Crippen LogP contribution in [0.15, 0.2) is 10.7 Å². The largest absolute Gasteiger partial charge is 0.397 e. The van der Waals surface area contributed by atoms with E-state index < -0.39 is 0 Å². The van der Waals surface area contributed by atoms with Gasteiger partial charge in [0.2, 0.25) is 0 Å². The molecule has 102 valence electrons. The van der Waals surface area contributed by atoms with Crippen molar-refractivity contribution in [2.24, 2.45) is 0 Å². The molecular formula is C12H21BrN4O. The molecule has 18 heavy (non-hydrogen) atoms. The Kier molecular flexibility index (Phi) is 6.38. The van der Waals surface area contributed by atoms with Gasteiger partial charge >= 0.3 is 0 Å². The first-order valence-electron chi connectivity index (χ1n) is 5.88. The molecule has 0 saturated carbocycles. The molecule has 5 nitrogen and oxygen atoms in total. The van der Waals surface area contributed by atoms with Crippen molar-refractivity contribution in [3.05, 3.63) is 16.2 Å². The van der Waals surface area contributed by atoms with Gasteiger partial charge in [0.15, 0.2) is 0 Å².